The molecule has 1 fully saturated rings. The lowest BCUT2D eigenvalue weighted by atomic mass is 10.1. The van der Waals surface area contributed by atoms with Gasteiger partial charge in [0.1, 0.15) is 0 Å². The zero-order chi connectivity index (χ0) is 9.14. The van der Waals surface area contributed by atoms with Gasteiger partial charge in [0.05, 0.1) is 0 Å². The third-order valence-electron chi connectivity index (χ3n) is 2.35. The standard InChI is InChI=1S/C8H16N2OS/c1-9-4-3-7(5-9)6-10(2)8(11)12/h7H,3-6H2,1-2H3,(H,11,12). The summed E-state index contributed by atoms with van der Waals surface area (Å²) in [5.74, 6) is 0.635. The summed E-state index contributed by atoms with van der Waals surface area (Å²) in [6.07, 6.45) is 1.20. The Morgan fingerprint density at radius 3 is 2.83 bits per heavy atom. The topological polar surface area (TPSA) is 23.6 Å². The third-order valence-corrected chi connectivity index (χ3v) is 2.69. The summed E-state index contributed by atoms with van der Waals surface area (Å²) in [5, 5.41) is -0.135. The largest absolute Gasteiger partial charge is 0.337 e. The van der Waals surface area contributed by atoms with Crippen molar-refractivity contribution in [1.82, 2.24) is 9.80 Å². The summed E-state index contributed by atoms with van der Waals surface area (Å²) in [5.41, 5.74) is 0. The SMILES string of the molecule is CN1CCC(CN(C)C(=O)S)C1. The molecule has 3 nitrogen and oxygen atoms in total. The van der Waals surface area contributed by atoms with Crippen molar-refractivity contribution in [3.05, 3.63) is 0 Å². The van der Waals surface area contributed by atoms with Crippen LogP contribution in [0.3, 0.4) is 0 Å². The van der Waals surface area contributed by atoms with Crippen LogP contribution in [0.5, 0.6) is 0 Å². The number of carbonyl (C=O) groups is 1. The molecule has 0 aromatic heterocycles. The van der Waals surface area contributed by atoms with Crippen LogP contribution in [-0.2, 0) is 0 Å². The van der Waals surface area contributed by atoms with Crippen molar-refractivity contribution in [2.24, 2.45) is 5.92 Å². The number of hydrogen-bond donors (Lipinski definition) is 1. The van der Waals surface area contributed by atoms with Crippen LogP contribution in [0.25, 0.3) is 0 Å². The normalized spacial score (nSPS) is 24.4. The van der Waals surface area contributed by atoms with E-state index in [1.165, 1.54) is 6.42 Å². The Hall–Kier alpha value is -0.220. The molecule has 0 spiro atoms. The monoisotopic (exact) mass is 188 g/mol. The lowest BCUT2D eigenvalue weighted by Crippen LogP contribution is -2.29. The fourth-order valence-corrected chi connectivity index (χ4v) is 1.72. The Balaban J connectivity index is 2.27. The summed E-state index contributed by atoms with van der Waals surface area (Å²) < 4.78 is 0. The first-order chi connectivity index (χ1) is 5.59. The van der Waals surface area contributed by atoms with Crippen molar-refractivity contribution in [3.8, 4) is 0 Å². The molecular weight excluding hydrogens is 172 g/mol. The van der Waals surface area contributed by atoms with Gasteiger partial charge in [0.15, 0.2) is 0 Å². The first kappa shape index (κ1) is 9.86. The van der Waals surface area contributed by atoms with Crippen LogP contribution in [0.2, 0.25) is 0 Å². The van der Waals surface area contributed by atoms with E-state index in [0.717, 1.165) is 19.6 Å². The number of nitrogens with zero attached hydrogens (tertiary/aromatic N) is 2. The molecule has 4 heteroatoms. The Bertz CT molecular complexity index is 174. The molecule has 12 heavy (non-hydrogen) atoms. The summed E-state index contributed by atoms with van der Waals surface area (Å²) in [6, 6.07) is 0. The van der Waals surface area contributed by atoms with Gasteiger partial charge < -0.3 is 9.80 Å². The molecule has 1 aliphatic rings. The maximum atomic E-state index is 10.8. The van der Waals surface area contributed by atoms with Gasteiger partial charge in [0.2, 0.25) is 0 Å². The van der Waals surface area contributed by atoms with Crippen LogP contribution in [0, 0.1) is 5.92 Å². The zero-order valence-electron chi connectivity index (χ0n) is 7.66. The van der Waals surface area contributed by atoms with E-state index < -0.39 is 0 Å². The van der Waals surface area contributed by atoms with Crippen LogP contribution in [-0.4, -0.2) is 48.8 Å². The van der Waals surface area contributed by atoms with Crippen molar-refractivity contribution in [2.45, 2.75) is 6.42 Å². The Kier molecular flexibility index (Phi) is 3.40. The number of thiol groups is 1. The van der Waals surface area contributed by atoms with E-state index in [-0.39, 0.29) is 5.24 Å². The zero-order valence-corrected chi connectivity index (χ0v) is 8.55. The molecule has 1 atom stereocenters. The van der Waals surface area contributed by atoms with E-state index in [1.807, 2.05) is 0 Å². The van der Waals surface area contributed by atoms with E-state index in [0.29, 0.717) is 5.92 Å². The average Bonchev–Trinajstić information content (AvgIpc) is 2.35. The number of hydrogen-bond acceptors (Lipinski definition) is 2. The summed E-state index contributed by atoms with van der Waals surface area (Å²) in [7, 11) is 3.91. The molecule has 0 N–H and O–H groups in total. The minimum Gasteiger partial charge on any atom is -0.337 e. The second-order valence-electron chi connectivity index (χ2n) is 3.58. The molecule has 1 saturated heterocycles. The smallest absolute Gasteiger partial charge is 0.278 e. The molecule has 0 aliphatic carbocycles. The number of carbonyl (C=O) groups excluding carboxylic acids is 1. The Morgan fingerprint density at radius 1 is 1.75 bits per heavy atom. The lowest BCUT2D eigenvalue weighted by molar-refractivity contribution is 0.225. The van der Waals surface area contributed by atoms with Gasteiger partial charge in [-0.05, 0) is 25.9 Å². The second kappa shape index (κ2) is 4.14. The molecule has 1 amide bonds. The molecule has 0 saturated carbocycles. The van der Waals surface area contributed by atoms with Gasteiger partial charge in [0, 0.05) is 20.1 Å². The third kappa shape index (κ3) is 2.68. The van der Waals surface area contributed by atoms with E-state index >= 15 is 0 Å². The van der Waals surface area contributed by atoms with Crippen molar-refractivity contribution < 1.29 is 4.79 Å². The molecule has 1 aliphatic heterocycles. The van der Waals surface area contributed by atoms with Gasteiger partial charge in [-0.15, -0.1) is 0 Å². The van der Waals surface area contributed by atoms with Crippen LogP contribution < -0.4 is 0 Å². The van der Waals surface area contributed by atoms with Crippen LogP contribution in [0.4, 0.5) is 4.79 Å². The van der Waals surface area contributed by atoms with Gasteiger partial charge in [-0.2, -0.15) is 0 Å². The molecule has 1 unspecified atom stereocenters. The van der Waals surface area contributed by atoms with Crippen LogP contribution in [0.15, 0.2) is 0 Å². The summed E-state index contributed by atoms with van der Waals surface area (Å²) in [6.45, 7) is 3.09. The quantitative estimate of drug-likeness (QED) is 0.651. The number of likely N-dealkylation sites (tertiary alicyclic amines) is 1. The first-order valence-corrected chi connectivity index (χ1v) is 4.67. The van der Waals surface area contributed by atoms with Gasteiger partial charge in [0.25, 0.3) is 5.24 Å². The molecule has 0 radical (unpaired) electrons. The van der Waals surface area contributed by atoms with Crippen LogP contribution >= 0.6 is 12.6 Å². The van der Waals surface area contributed by atoms with E-state index in [4.69, 9.17) is 0 Å². The molecule has 1 heterocycles. The molecule has 1 rings (SSSR count). The fraction of sp³-hybridized carbons (Fsp3) is 0.875. The van der Waals surface area contributed by atoms with Gasteiger partial charge >= 0.3 is 0 Å². The molecular formula is C8H16N2OS. The van der Waals surface area contributed by atoms with Gasteiger partial charge in [-0.1, -0.05) is 12.6 Å². The maximum absolute atomic E-state index is 10.8. The minimum atomic E-state index is -0.135. The molecule has 0 bridgehead atoms. The summed E-state index contributed by atoms with van der Waals surface area (Å²) >= 11 is 3.76. The van der Waals surface area contributed by atoms with E-state index in [1.54, 1.807) is 11.9 Å². The van der Waals surface area contributed by atoms with Crippen molar-refractivity contribution in [3.63, 3.8) is 0 Å². The van der Waals surface area contributed by atoms with E-state index in [2.05, 4.69) is 24.6 Å². The molecule has 70 valence electrons. The predicted octanol–water partition coefficient (Wildman–Crippen LogP) is 0.920. The van der Waals surface area contributed by atoms with E-state index in [9.17, 15) is 4.79 Å². The number of rotatable bonds is 2. The lowest BCUT2D eigenvalue weighted by Gasteiger charge is -2.18. The van der Waals surface area contributed by atoms with Gasteiger partial charge in [-0.25, -0.2) is 0 Å². The first-order valence-electron chi connectivity index (χ1n) is 4.22. The van der Waals surface area contributed by atoms with Crippen molar-refractivity contribution >= 4 is 17.9 Å². The minimum absolute atomic E-state index is 0.135. The highest BCUT2D eigenvalue weighted by molar-refractivity contribution is 7.96. The highest BCUT2D eigenvalue weighted by Gasteiger charge is 2.21. The highest BCUT2D eigenvalue weighted by atomic mass is 32.1. The Morgan fingerprint density at radius 2 is 2.42 bits per heavy atom. The highest BCUT2D eigenvalue weighted by Crippen LogP contribution is 2.15. The summed E-state index contributed by atoms with van der Waals surface area (Å²) in [4.78, 5) is 14.8. The number of amides is 1. The maximum Gasteiger partial charge on any atom is 0.278 e. The Labute approximate surface area is 79.1 Å². The molecule has 0 aromatic rings. The van der Waals surface area contributed by atoms with Crippen molar-refractivity contribution in [1.29, 1.82) is 0 Å². The average molecular weight is 188 g/mol. The van der Waals surface area contributed by atoms with Crippen LogP contribution in [0.1, 0.15) is 6.42 Å². The second-order valence-corrected chi connectivity index (χ2v) is 3.96. The van der Waals surface area contributed by atoms with Gasteiger partial charge in [-0.3, -0.25) is 4.79 Å². The predicted molar refractivity (Wildman–Crippen MR) is 52.6 cm³/mol. The fourth-order valence-electron chi connectivity index (χ4n) is 1.64. The van der Waals surface area contributed by atoms with Crippen molar-refractivity contribution in [2.75, 3.05) is 33.7 Å². The molecule has 0 aromatic carbocycles.